The number of aldehydes is 1. The van der Waals surface area contributed by atoms with Gasteiger partial charge in [0.25, 0.3) is 0 Å². The molecule has 0 aliphatic heterocycles. The van der Waals surface area contributed by atoms with Gasteiger partial charge < -0.3 is 4.79 Å². The van der Waals surface area contributed by atoms with E-state index in [-0.39, 0.29) is 23.5 Å². The van der Waals surface area contributed by atoms with Crippen LogP contribution in [0.5, 0.6) is 0 Å². The number of rotatable bonds is 1. The number of hydrogen-bond donors (Lipinski definition) is 0. The second-order valence-electron chi connectivity index (χ2n) is 3.58. The minimum atomic E-state index is -0.137. The Bertz CT molecular complexity index is 240. The zero-order valence-corrected chi connectivity index (χ0v) is 7.70. The van der Waals surface area contributed by atoms with E-state index >= 15 is 0 Å². The normalized spacial score (nSPS) is 36.1. The Labute approximate surface area is 72.7 Å². The third-order valence-electron chi connectivity index (χ3n) is 2.66. The van der Waals surface area contributed by atoms with E-state index in [1.807, 2.05) is 26.8 Å². The fraction of sp³-hybridized carbons (Fsp3) is 0.600. The summed E-state index contributed by atoms with van der Waals surface area (Å²) < 4.78 is 0. The summed E-state index contributed by atoms with van der Waals surface area (Å²) in [7, 11) is 0. The van der Waals surface area contributed by atoms with Crippen molar-refractivity contribution < 1.29 is 9.59 Å². The van der Waals surface area contributed by atoms with Gasteiger partial charge in [0.1, 0.15) is 6.29 Å². The quantitative estimate of drug-likeness (QED) is 0.554. The number of hydrogen-bond acceptors (Lipinski definition) is 2. The number of Topliss-reactive ketones (excluding diaryl/α,β-unsaturated/α-hetero) is 1. The molecule has 0 N–H and O–H groups in total. The molecule has 0 amide bonds. The Morgan fingerprint density at radius 2 is 2.00 bits per heavy atom. The van der Waals surface area contributed by atoms with E-state index in [0.29, 0.717) is 0 Å². The van der Waals surface area contributed by atoms with Crippen LogP contribution < -0.4 is 0 Å². The predicted octanol–water partition coefficient (Wildman–Crippen LogP) is 1.60. The lowest BCUT2D eigenvalue weighted by Crippen LogP contribution is -2.31. The van der Waals surface area contributed by atoms with Gasteiger partial charge in [-0.2, -0.15) is 0 Å². The van der Waals surface area contributed by atoms with Crippen molar-refractivity contribution in [3.05, 3.63) is 11.6 Å². The third kappa shape index (κ3) is 1.33. The van der Waals surface area contributed by atoms with Crippen LogP contribution in [0.25, 0.3) is 0 Å². The molecule has 0 heterocycles. The molecule has 0 spiro atoms. The van der Waals surface area contributed by atoms with Crippen LogP contribution in [0.15, 0.2) is 11.6 Å². The summed E-state index contributed by atoms with van der Waals surface area (Å²) in [6, 6.07) is 0. The van der Waals surface area contributed by atoms with Crippen molar-refractivity contribution in [2.24, 2.45) is 17.8 Å². The van der Waals surface area contributed by atoms with Crippen LogP contribution in [0.1, 0.15) is 20.8 Å². The summed E-state index contributed by atoms with van der Waals surface area (Å²) in [5.74, 6) is 0.0594. The van der Waals surface area contributed by atoms with Crippen molar-refractivity contribution in [3.8, 4) is 0 Å². The van der Waals surface area contributed by atoms with Gasteiger partial charge >= 0.3 is 0 Å². The van der Waals surface area contributed by atoms with E-state index in [0.717, 1.165) is 11.9 Å². The van der Waals surface area contributed by atoms with Gasteiger partial charge in [0.2, 0.25) is 0 Å². The molecule has 12 heavy (non-hydrogen) atoms. The first kappa shape index (κ1) is 9.17. The van der Waals surface area contributed by atoms with Crippen LogP contribution in [0.4, 0.5) is 0 Å². The lowest BCUT2D eigenvalue weighted by atomic mass is 9.75. The van der Waals surface area contributed by atoms with Gasteiger partial charge in [0.05, 0.1) is 0 Å². The minimum Gasteiger partial charge on any atom is -0.303 e. The van der Waals surface area contributed by atoms with Gasteiger partial charge in [-0.15, -0.1) is 0 Å². The molecule has 3 atom stereocenters. The summed E-state index contributed by atoms with van der Waals surface area (Å²) in [6.07, 6.45) is 2.79. The molecule has 1 aliphatic rings. The molecule has 0 aromatic heterocycles. The highest BCUT2D eigenvalue weighted by Gasteiger charge is 2.32. The molecule has 3 unspecified atom stereocenters. The second kappa shape index (κ2) is 3.21. The summed E-state index contributed by atoms with van der Waals surface area (Å²) in [5.41, 5.74) is 0.799. The van der Waals surface area contributed by atoms with Gasteiger partial charge in [-0.1, -0.05) is 19.9 Å². The highest BCUT2D eigenvalue weighted by Crippen LogP contribution is 2.29. The highest BCUT2D eigenvalue weighted by molar-refractivity contribution is 5.99. The highest BCUT2D eigenvalue weighted by atomic mass is 16.1. The molecular weight excluding hydrogens is 152 g/mol. The van der Waals surface area contributed by atoms with Crippen LogP contribution in [-0.4, -0.2) is 12.1 Å². The van der Waals surface area contributed by atoms with Gasteiger partial charge in [-0.05, 0) is 18.4 Å². The molecule has 0 fully saturated rings. The van der Waals surface area contributed by atoms with Crippen molar-refractivity contribution in [1.82, 2.24) is 0 Å². The number of carbonyl (C=O) groups excluding carboxylic acids is 2. The number of allylic oxidation sites excluding steroid dienone is 2. The first-order valence-electron chi connectivity index (χ1n) is 4.26. The predicted molar refractivity (Wildman–Crippen MR) is 46.6 cm³/mol. The second-order valence-corrected chi connectivity index (χ2v) is 3.58. The molecule has 0 saturated heterocycles. The van der Waals surface area contributed by atoms with Crippen molar-refractivity contribution in [2.45, 2.75) is 20.8 Å². The Kier molecular flexibility index (Phi) is 2.46. The standard InChI is InChI=1S/C10H14O2/c1-6-4-7(2)10(12)8(3)9(6)5-11/h4-6,8-9H,1-3H3. The Morgan fingerprint density at radius 1 is 1.42 bits per heavy atom. The van der Waals surface area contributed by atoms with E-state index in [1.165, 1.54) is 0 Å². The summed E-state index contributed by atoms with van der Waals surface area (Å²) in [4.78, 5) is 22.1. The van der Waals surface area contributed by atoms with Gasteiger partial charge in [0, 0.05) is 11.8 Å². The topological polar surface area (TPSA) is 34.1 Å². The van der Waals surface area contributed by atoms with Crippen LogP contribution in [0.2, 0.25) is 0 Å². The molecule has 2 nitrogen and oxygen atoms in total. The summed E-state index contributed by atoms with van der Waals surface area (Å²) in [6.45, 7) is 5.62. The molecule has 1 aliphatic carbocycles. The van der Waals surface area contributed by atoms with Crippen LogP contribution in [-0.2, 0) is 9.59 Å². The fourth-order valence-electron chi connectivity index (χ4n) is 1.82. The SMILES string of the molecule is CC1=CC(C)C(C=O)C(C)C1=O. The minimum absolute atomic E-state index is 0.116. The largest absolute Gasteiger partial charge is 0.303 e. The van der Waals surface area contributed by atoms with Crippen LogP contribution >= 0.6 is 0 Å². The van der Waals surface area contributed by atoms with Gasteiger partial charge in [0.15, 0.2) is 5.78 Å². The summed E-state index contributed by atoms with van der Waals surface area (Å²) in [5, 5.41) is 0. The monoisotopic (exact) mass is 166 g/mol. The zero-order chi connectivity index (χ0) is 9.30. The van der Waals surface area contributed by atoms with Crippen molar-refractivity contribution >= 4 is 12.1 Å². The average Bonchev–Trinajstić information content (AvgIpc) is 2.01. The van der Waals surface area contributed by atoms with Crippen LogP contribution in [0, 0.1) is 17.8 Å². The Balaban J connectivity index is 2.98. The first-order chi connectivity index (χ1) is 5.57. The number of ketones is 1. The van der Waals surface area contributed by atoms with E-state index in [4.69, 9.17) is 0 Å². The lowest BCUT2D eigenvalue weighted by Gasteiger charge is -2.27. The van der Waals surface area contributed by atoms with Crippen molar-refractivity contribution in [1.29, 1.82) is 0 Å². The first-order valence-corrected chi connectivity index (χ1v) is 4.26. The van der Waals surface area contributed by atoms with Crippen molar-refractivity contribution in [3.63, 3.8) is 0 Å². The molecule has 0 aromatic carbocycles. The van der Waals surface area contributed by atoms with E-state index in [1.54, 1.807) is 0 Å². The lowest BCUT2D eigenvalue weighted by molar-refractivity contribution is -0.126. The fourth-order valence-corrected chi connectivity index (χ4v) is 1.82. The molecule has 1 rings (SSSR count). The summed E-state index contributed by atoms with van der Waals surface area (Å²) >= 11 is 0. The van der Waals surface area contributed by atoms with E-state index in [2.05, 4.69) is 0 Å². The third-order valence-corrected chi connectivity index (χ3v) is 2.66. The average molecular weight is 166 g/mol. The maximum Gasteiger partial charge on any atom is 0.161 e. The molecule has 0 bridgehead atoms. The number of carbonyl (C=O) groups is 2. The molecule has 66 valence electrons. The molecular formula is C10H14O2. The molecule has 0 aromatic rings. The molecule has 0 radical (unpaired) electrons. The van der Waals surface area contributed by atoms with E-state index < -0.39 is 0 Å². The molecule has 2 heteroatoms. The van der Waals surface area contributed by atoms with Gasteiger partial charge in [-0.3, -0.25) is 4.79 Å². The Morgan fingerprint density at radius 3 is 2.50 bits per heavy atom. The molecule has 0 saturated carbocycles. The maximum absolute atomic E-state index is 11.4. The van der Waals surface area contributed by atoms with E-state index in [9.17, 15) is 9.59 Å². The van der Waals surface area contributed by atoms with Gasteiger partial charge in [-0.25, -0.2) is 0 Å². The zero-order valence-electron chi connectivity index (χ0n) is 7.70. The van der Waals surface area contributed by atoms with Crippen LogP contribution in [0.3, 0.4) is 0 Å². The smallest absolute Gasteiger partial charge is 0.161 e. The Hall–Kier alpha value is -0.920. The maximum atomic E-state index is 11.4. The van der Waals surface area contributed by atoms with Crippen molar-refractivity contribution in [2.75, 3.05) is 0 Å².